The maximum Gasteiger partial charge on any atom is 0.230 e. The summed E-state index contributed by atoms with van der Waals surface area (Å²) in [5.74, 6) is 2.54. The van der Waals surface area contributed by atoms with E-state index in [1.165, 1.54) is 25.7 Å². The van der Waals surface area contributed by atoms with Gasteiger partial charge < -0.3 is 9.84 Å². The minimum absolute atomic E-state index is 0. The maximum absolute atomic E-state index is 5.29. The Morgan fingerprint density at radius 3 is 2.75 bits per heavy atom. The van der Waals surface area contributed by atoms with Crippen molar-refractivity contribution in [1.82, 2.24) is 15.5 Å². The molecule has 1 saturated carbocycles. The Bertz CT molecular complexity index is 310. The quantitative estimate of drug-likeness (QED) is 0.886. The number of halogens is 1. The third-order valence-electron chi connectivity index (χ3n) is 3.11. The first-order valence-corrected chi connectivity index (χ1v) is 5.79. The van der Waals surface area contributed by atoms with Gasteiger partial charge in [-0.1, -0.05) is 24.9 Å². The lowest BCUT2D eigenvalue weighted by atomic mass is 10.1. The van der Waals surface area contributed by atoms with Crippen LogP contribution in [0.3, 0.4) is 0 Å². The van der Waals surface area contributed by atoms with Crippen LogP contribution in [0.25, 0.3) is 0 Å². The molecular formula is C11H20ClN3O. The average Bonchev–Trinajstić information content (AvgIpc) is 2.89. The second-order valence-corrected chi connectivity index (χ2v) is 4.43. The number of nitrogens with one attached hydrogen (secondary N) is 1. The van der Waals surface area contributed by atoms with Crippen LogP contribution in [-0.4, -0.2) is 23.7 Å². The SMILES string of the molecule is CNCC(C)c1nc(C2CCCC2)no1.Cl. The molecule has 0 bridgehead atoms. The second kappa shape index (κ2) is 6.21. The summed E-state index contributed by atoms with van der Waals surface area (Å²) < 4.78 is 5.29. The summed E-state index contributed by atoms with van der Waals surface area (Å²) in [7, 11) is 1.94. The van der Waals surface area contributed by atoms with Crippen molar-refractivity contribution in [1.29, 1.82) is 0 Å². The first-order chi connectivity index (χ1) is 7.31. The van der Waals surface area contributed by atoms with E-state index in [0.29, 0.717) is 11.8 Å². The number of hydrogen-bond donors (Lipinski definition) is 1. The zero-order valence-corrected chi connectivity index (χ0v) is 10.7. The van der Waals surface area contributed by atoms with Crippen LogP contribution >= 0.6 is 12.4 Å². The van der Waals surface area contributed by atoms with E-state index in [1.54, 1.807) is 0 Å². The smallest absolute Gasteiger partial charge is 0.230 e. The van der Waals surface area contributed by atoms with Crippen LogP contribution < -0.4 is 5.32 Å². The van der Waals surface area contributed by atoms with E-state index >= 15 is 0 Å². The van der Waals surface area contributed by atoms with Crippen molar-refractivity contribution in [3.63, 3.8) is 0 Å². The zero-order valence-electron chi connectivity index (χ0n) is 9.90. The molecule has 1 aromatic rings. The van der Waals surface area contributed by atoms with Gasteiger partial charge in [-0.15, -0.1) is 12.4 Å². The monoisotopic (exact) mass is 245 g/mol. The van der Waals surface area contributed by atoms with Crippen LogP contribution in [0.15, 0.2) is 4.52 Å². The van der Waals surface area contributed by atoms with Gasteiger partial charge >= 0.3 is 0 Å². The molecule has 4 nitrogen and oxygen atoms in total. The predicted octanol–water partition coefficient (Wildman–Crippen LogP) is 2.47. The average molecular weight is 246 g/mol. The van der Waals surface area contributed by atoms with E-state index in [4.69, 9.17) is 4.52 Å². The lowest BCUT2D eigenvalue weighted by Gasteiger charge is -2.03. The summed E-state index contributed by atoms with van der Waals surface area (Å²) in [6.45, 7) is 2.98. The Balaban J connectivity index is 0.00000128. The minimum Gasteiger partial charge on any atom is -0.339 e. The molecule has 1 unspecified atom stereocenters. The van der Waals surface area contributed by atoms with Gasteiger partial charge in [-0.25, -0.2) is 0 Å². The fourth-order valence-corrected chi connectivity index (χ4v) is 2.19. The highest BCUT2D eigenvalue weighted by molar-refractivity contribution is 5.85. The van der Waals surface area contributed by atoms with Gasteiger partial charge in [-0.05, 0) is 19.9 Å². The second-order valence-electron chi connectivity index (χ2n) is 4.43. The summed E-state index contributed by atoms with van der Waals surface area (Å²) in [4.78, 5) is 4.49. The molecule has 92 valence electrons. The van der Waals surface area contributed by atoms with E-state index in [9.17, 15) is 0 Å². The Labute approximate surface area is 103 Å². The number of aromatic nitrogens is 2. The number of hydrogen-bond acceptors (Lipinski definition) is 4. The number of likely N-dealkylation sites (N-methyl/N-ethyl adjacent to an activating group) is 1. The van der Waals surface area contributed by atoms with Gasteiger partial charge in [0.1, 0.15) is 0 Å². The third kappa shape index (κ3) is 2.95. The maximum atomic E-state index is 5.29. The third-order valence-corrected chi connectivity index (χ3v) is 3.11. The van der Waals surface area contributed by atoms with Crippen molar-refractivity contribution in [2.45, 2.75) is 44.4 Å². The van der Waals surface area contributed by atoms with Crippen molar-refractivity contribution in [2.24, 2.45) is 0 Å². The summed E-state index contributed by atoms with van der Waals surface area (Å²) in [5.41, 5.74) is 0. The van der Waals surface area contributed by atoms with Gasteiger partial charge in [-0.2, -0.15) is 4.98 Å². The van der Waals surface area contributed by atoms with Gasteiger partial charge in [0.05, 0.1) is 0 Å². The Morgan fingerprint density at radius 2 is 2.12 bits per heavy atom. The molecule has 0 spiro atoms. The number of rotatable bonds is 4. The van der Waals surface area contributed by atoms with E-state index in [1.807, 2.05) is 7.05 Å². The molecule has 1 aliphatic carbocycles. The van der Waals surface area contributed by atoms with Crippen LogP contribution in [0.5, 0.6) is 0 Å². The molecule has 1 fully saturated rings. The van der Waals surface area contributed by atoms with Crippen molar-refractivity contribution in [3.8, 4) is 0 Å². The molecule has 0 aromatic carbocycles. The van der Waals surface area contributed by atoms with Crippen LogP contribution in [0, 0.1) is 0 Å². The molecule has 5 heteroatoms. The molecule has 0 aliphatic heterocycles. The highest BCUT2D eigenvalue weighted by Crippen LogP contribution is 2.32. The van der Waals surface area contributed by atoms with E-state index < -0.39 is 0 Å². The molecule has 1 N–H and O–H groups in total. The molecule has 1 aliphatic rings. The van der Waals surface area contributed by atoms with Gasteiger partial charge in [0.2, 0.25) is 5.89 Å². The van der Waals surface area contributed by atoms with Crippen molar-refractivity contribution < 1.29 is 4.52 Å². The van der Waals surface area contributed by atoms with E-state index in [2.05, 4.69) is 22.4 Å². The summed E-state index contributed by atoms with van der Waals surface area (Å²) in [6.07, 6.45) is 5.06. The summed E-state index contributed by atoms with van der Waals surface area (Å²) in [5, 5.41) is 7.20. The normalized spacial score (nSPS) is 18.4. The molecular weight excluding hydrogens is 226 g/mol. The van der Waals surface area contributed by atoms with Crippen LogP contribution in [0.4, 0.5) is 0 Å². The lowest BCUT2D eigenvalue weighted by molar-refractivity contribution is 0.350. The molecule has 0 radical (unpaired) electrons. The van der Waals surface area contributed by atoms with Crippen LogP contribution in [0.1, 0.15) is 56.2 Å². The van der Waals surface area contributed by atoms with Gasteiger partial charge in [0.15, 0.2) is 5.82 Å². The highest BCUT2D eigenvalue weighted by Gasteiger charge is 2.23. The summed E-state index contributed by atoms with van der Waals surface area (Å²) >= 11 is 0. The van der Waals surface area contributed by atoms with Crippen LogP contribution in [-0.2, 0) is 0 Å². The standard InChI is InChI=1S/C11H19N3O.ClH/c1-8(7-12-2)11-13-10(14-15-11)9-5-3-4-6-9;/h8-9,12H,3-7H2,1-2H3;1H. The molecule has 1 heterocycles. The Hall–Kier alpha value is -0.610. The van der Waals surface area contributed by atoms with E-state index in [-0.39, 0.29) is 12.4 Å². The first-order valence-electron chi connectivity index (χ1n) is 5.79. The van der Waals surface area contributed by atoms with E-state index in [0.717, 1.165) is 18.3 Å². The van der Waals surface area contributed by atoms with Gasteiger partial charge in [-0.3, -0.25) is 0 Å². The Kier molecular flexibility index (Phi) is 5.22. The van der Waals surface area contributed by atoms with Crippen molar-refractivity contribution in [2.75, 3.05) is 13.6 Å². The molecule has 0 saturated heterocycles. The molecule has 16 heavy (non-hydrogen) atoms. The lowest BCUT2D eigenvalue weighted by Crippen LogP contribution is -2.15. The molecule has 0 amide bonds. The first kappa shape index (κ1) is 13.5. The number of nitrogens with zero attached hydrogens (tertiary/aromatic N) is 2. The fourth-order valence-electron chi connectivity index (χ4n) is 2.19. The van der Waals surface area contributed by atoms with Gasteiger partial charge in [0.25, 0.3) is 0 Å². The molecule has 2 rings (SSSR count). The largest absolute Gasteiger partial charge is 0.339 e. The minimum atomic E-state index is 0. The topological polar surface area (TPSA) is 51.0 Å². The molecule has 1 aromatic heterocycles. The molecule has 1 atom stereocenters. The fraction of sp³-hybridized carbons (Fsp3) is 0.818. The van der Waals surface area contributed by atoms with Gasteiger partial charge in [0, 0.05) is 18.4 Å². The van der Waals surface area contributed by atoms with Crippen molar-refractivity contribution in [3.05, 3.63) is 11.7 Å². The zero-order chi connectivity index (χ0) is 10.7. The van der Waals surface area contributed by atoms with Crippen molar-refractivity contribution >= 4 is 12.4 Å². The predicted molar refractivity (Wildman–Crippen MR) is 65.1 cm³/mol. The van der Waals surface area contributed by atoms with Crippen LogP contribution in [0.2, 0.25) is 0 Å². The Morgan fingerprint density at radius 1 is 1.44 bits per heavy atom. The summed E-state index contributed by atoms with van der Waals surface area (Å²) in [6, 6.07) is 0. The highest BCUT2D eigenvalue weighted by atomic mass is 35.5.